The van der Waals surface area contributed by atoms with E-state index in [0.29, 0.717) is 0 Å². The lowest BCUT2D eigenvalue weighted by molar-refractivity contribution is -0.489. The molecule has 6 nitrogen and oxygen atoms in total. The summed E-state index contributed by atoms with van der Waals surface area (Å²) in [5.41, 5.74) is 0. The van der Waals surface area contributed by atoms with Gasteiger partial charge in [0.05, 0.1) is 0 Å². The minimum Gasteiger partial charge on any atom is -0.394 e. The van der Waals surface area contributed by atoms with Crippen molar-refractivity contribution in [2.45, 2.75) is 36.2 Å². The van der Waals surface area contributed by atoms with Crippen molar-refractivity contribution in [3.05, 3.63) is 0 Å². The summed E-state index contributed by atoms with van der Waals surface area (Å²) >= 11 is 0. The second-order valence-corrected chi connectivity index (χ2v) is 5.37. The number of hydrogen-bond acceptors (Lipinski definition) is 5. The lowest BCUT2D eigenvalue weighted by Crippen LogP contribution is -2.56. The molecule has 1 N–H and O–H groups in total. The molecule has 25 heavy (non-hydrogen) atoms. The molecule has 0 atom stereocenters. The van der Waals surface area contributed by atoms with Gasteiger partial charge in [0, 0.05) is 0 Å². The number of carbonyl (C=O) groups is 1. The zero-order valence-electron chi connectivity index (χ0n) is 10.8. The van der Waals surface area contributed by atoms with Crippen LogP contribution in [0.4, 0.5) is 48.3 Å². The standard InChI is InChI=1S/C7H3F11O6S/c8-3(9,10)1-2(19)23-4(11,12)5(13,14)24-6(15,16)7(17,18)25(20,21)22/h1H2,(H,20,21,22). The molecule has 0 saturated carbocycles. The lowest BCUT2D eigenvalue weighted by Gasteiger charge is -2.30. The molecule has 0 aromatic heterocycles. The normalized spacial score (nSPS) is 15.2. The van der Waals surface area contributed by atoms with E-state index in [2.05, 4.69) is 4.74 Å². The third-order valence-corrected chi connectivity index (χ3v) is 2.73. The van der Waals surface area contributed by atoms with Crippen molar-refractivity contribution in [1.82, 2.24) is 0 Å². The SMILES string of the molecule is O=C(CC(F)(F)F)OC(F)(F)C(F)(F)OC(F)(F)C(F)(F)S(=O)(=O)O. The van der Waals surface area contributed by atoms with Gasteiger partial charge >= 0.3 is 45.8 Å². The van der Waals surface area contributed by atoms with Gasteiger partial charge in [0.2, 0.25) is 0 Å². The van der Waals surface area contributed by atoms with Crippen molar-refractivity contribution in [1.29, 1.82) is 0 Å². The highest BCUT2D eigenvalue weighted by Crippen LogP contribution is 2.47. The zero-order valence-corrected chi connectivity index (χ0v) is 11.6. The van der Waals surface area contributed by atoms with E-state index in [0.717, 1.165) is 0 Å². The first-order valence-corrected chi connectivity index (χ1v) is 6.47. The van der Waals surface area contributed by atoms with E-state index < -0.39 is 52.3 Å². The second-order valence-electron chi connectivity index (χ2n) is 3.91. The highest BCUT2D eigenvalue weighted by atomic mass is 32.2. The van der Waals surface area contributed by atoms with Gasteiger partial charge in [-0.25, -0.2) is 4.74 Å². The molecule has 0 heterocycles. The summed E-state index contributed by atoms with van der Waals surface area (Å²) in [5.74, 6) is -3.13. The number of hydrogen-bond donors (Lipinski definition) is 1. The molecule has 0 rings (SSSR count). The summed E-state index contributed by atoms with van der Waals surface area (Å²) in [6.45, 7) is 0. The van der Waals surface area contributed by atoms with Crippen LogP contribution in [-0.4, -0.2) is 48.7 Å². The smallest absolute Gasteiger partial charge is 0.394 e. The molecule has 0 aromatic carbocycles. The van der Waals surface area contributed by atoms with Crippen LogP contribution < -0.4 is 0 Å². The maximum absolute atomic E-state index is 12.8. The zero-order chi connectivity index (χ0) is 20.7. The molecular formula is C7H3F11O6S. The molecule has 0 unspecified atom stereocenters. The third-order valence-electron chi connectivity index (χ3n) is 1.84. The van der Waals surface area contributed by atoms with E-state index in [1.54, 1.807) is 4.74 Å². The second kappa shape index (κ2) is 6.38. The summed E-state index contributed by atoms with van der Waals surface area (Å²) in [4.78, 5) is 10.4. The number of carbonyl (C=O) groups excluding carboxylic acids is 1. The molecule has 150 valence electrons. The topological polar surface area (TPSA) is 89.9 Å². The largest absolute Gasteiger partial charge is 0.496 e. The highest BCUT2D eigenvalue weighted by Gasteiger charge is 2.75. The van der Waals surface area contributed by atoms with E-state index in [1.165, 1.54) is 0 Å². The van der Waals surface area contributed by atoms with Crippen LogP contribution >= 0.6 is 0 Å². The van der Waals surface area contributed by atoms with Gasteiger partial charge in [-0.05, 0) is 0 Å². The fourth-order valence-electron chi connectivity index (χ4n) is 0.832. The van der Waals surface area contributed by atoms with E-state index in [9.17, 15) is 61.5 Å². The van der Waals surface area contributed by atoms with Crippen LogP contribution in [0.3, 0.4) is 0 Å². The van der Waals surface area contributed by atoms with Gasteiger partial charge in [-0.3, -0.25) is 9.35 Å². The van der Waals surface area contributed by atoms with Crippen molar-refractivity contribution in [2.24, 2.45) is 0 Å². The summed E-state index contributed by atoms with van der Waals surface area (Å²) in [6, 6.07) is 0. The minimum absolute atomic E-state index is 1.65. The van der Waals surface area contributed by atoms with E-state index >= 15 is 0 Å². The Morgan fingerprint density at radius 1 is 0.800 bits per heavy atom. The van der Waals surface area contributed by atoms with Crippen molar-refractivity contribution in [2.75, 3.05) is 0 Å². The maximum Gasteiger partial charge on any atom is 0.496 e. The van der Waals surface area contributed by atoms with Gasteiger partial charge in [0.25, 0.3) is 0 Å². The average molecular weight is 424 g/mol. The number of esters is 1. The Labute approximate surface area is 129 Å². The van der Waals surface area contributed by atoms with Crippen molar-refractivity contribution in [3.8, 4) is 0 Å². The number of rotatable bonds is 7. The predicted molar refractivity (Wildman–Crippen MR) is 49.2 cm³/mol. The molecule has 0 fully saturated rings. The summed E-state index contributed by atoms with van der Waals surface area (Å²) in [5, 5.41) is -6.88. The molecule has 0 bridgehead atoms. The Morgan fingerprint density at radius 2 is 1.20 bits per heavy atom. The van der Waals surface area contributed by atoms with Crippen LogP contribution in [0, 0.1) is 0 Å². The highest BCUT2D eigenvalue weighted by molar-refractivity contribution is 7.86. The van der Waals surface area contributed by atoms with Gasteiger partial charge in [0.15, 0.2) is 0 Å². The molecule has 0 radical (unpaired) electrons. The van der Waals surface area contributed by atoms with E-state index in [-0.39, 0.29) is 0 Å². The molecule has 0 aromatic rings. The lowest BCUT2D eigenvalue weighted by atomic mass is 10.4. The summed E-state index contributed by atoms with van der Waals surface area (Å²) in [7, 11) is -7.17. The molecule has 0 saturated heterocycles. The third kappa shape index (κ3) is 5.53. The first-order valence-electron chi connectivity index (χ1n) is 5.03. The predicted octanol–water partition coefficient (Wildman–Crippen LogP) is 2.76. The van der Waals surface area contributed by atoms with Crippen LogP contribution in [0.15, 0.2) is 0 Å². The van der Waals surface area contributed by atoms with Crippen molar-refractivity contribution < 1.29 is 75.5 Å². The van der Waals surface area contributed by atoms with Crippen molar-refractivity contribution >= 4 is 16.1 Å². The van der Waals surface area contributed by atoms with Gasteiger partial charge in [-0.1, -0.05) is 0 Å². The fraction of sp³-hybridized carbons (Fsp3) is 0.857. The van der Waals surface area contributed by atoms with E-state index in [4.69, 9.17) is 4.55 Å². The van der Waals surface area contributed by atoms with E-state index in [1.807, 2.05) is 0 Å². The maximum atomic E-state index is 12.8. The van der Waals surface area contributed by atoms with Crippen LogP contribution in [0.5, 0.6) is 0 Å². The summed E-state index contributed by atoms with van der Waals surface area (Å²) < 4.78 is 168. The quantitative estimate of drug-likeness (QED) is 0.384. The molecular weight excluding hydrogens is 421 g/mol. The van der Waals surface area contributed by atoms with Crippen LogP contribution in [0.2, 0.25) is 0 Å². The Hall–Kier alpha value is -1.43. The monoisotopic (exact) mass is 424 g/mol. The molecule has 0 aliphatic heterocycles. The number of ether oxygens (including phenoxy) is 2. The van der Waals surface area contributed by atoms with Gasteiger partial charge in [0.1, 0.15) is 6.42 Å². The fourth-order valence-corrected chi connectivity index (χ4v) is 1.17. The summed E-state index contributed by atoms with van der Waals surface area (Å²) in [6.07, 6.45) is -29.1. The van der Waals surface area contributed by atoms with Crippen molar-refractivity contribution in [3.63, 3.8) is 0 Å². The van der Waals surface area contributed by atoms with Crippen LogP contribution in [0.1, 0.15) is 6.42 Å². The van der Waals surface area contributed by atoms with Crippen LogP contribution in [-0.2, 0) is 24.4 Å². The Balaban J connectivity index is 5.51. The Morgan fingerprint density at radius 3 is 1.52 bits per heavy atom. The molecule has 0 aliphatic carbocycles. The average Bonchev–Trinajstić information content (AvgIpc) is 2.20. The Bertz CT molecular complexity index is 609. The van der Waals surface area contributed by atoms with Gasteiger partial charge in [-0.15, -0.1) is 0 Å². The molecule has 0 amide bonds. The van der Waals surface area contributed by atoms with Crippen LogP contribution in [0.25, 0.3) is 0 Å². The number of halogens is 11. The minimum atomic E-state index is -7.17. The van der Waals surface area contributed by atoms with Gasteiger partial charge in [-0.2, -0.15) is 56.7 Å². The molecule has 0 aliphatic rings. The Kier molecular flexibility index (Phi) is 6.02. The first-order chi connectivity index (χ1) is 10.6. The van der Waals surface area contributed by atoms with Gasteiger partial charge < -0.3 is 4.74 Å². The molecule has 0 spiro atoms. The number of alkyl halides is 11. The first kappa shape index (κ1) is 23.6. The molecule has 18 heteroatoms.